The summed E-state index contributed by atoms with van der Waals surface area (Å²) in [6.07, 6.45) is 0. The molecule has 3 nitrogen and oxygen atoms in total. The van der Waals surface area contributed by atoms with E-state index in [-0.39, 0.29) is 0 Å². The van der Waals surface area contributed by atoms with Crippen LogP contribution in [0.5, 0.6) is 0 Å². The maximum atomic E-state index is 6.15. The van der Waals surface area contributed by atoms with Crippen molar-refractivity contribution < 1.29 is 0 Å². The molecule has 0 unspecified atom stereocenters. The number of hydrogen-bond acceptors (Lipinski definition) is 3. The minimum absolute atomic E-state index is 0.682. The quantitative estimate of drug-likeness (QED) is 0.687. The molecule has 0 radical (unpaired) electrons. The third kappa shape index (κ3) is 1.61. The van der Waals surface area contributed by atoms with Crippen molar-refractivity contribution in [3.63, 3.8) is 0 Å². The van der Waals surface area contributed by atoms with E-state index in [0.29, 0.717) is 5.69 Å². The van der Waals surface area contributed by atoms with Crippen LogP contribution in [-0.2, 0) is 0 Å². The summed E-state index contributed by atoms with van der Waals surface area (Å²) < 4.78 is 0. The predicted octanol–water partition coefficient (Wildman–Crippen LogP) is 2.88. The number of aromatic nitrogens is 2. The lowest BCUT2D eigenvalue weighted by Crippen LogP contribution is -1.97. The second-order valence-electron chi connectivity index (χ2n) is 3.85. The minimum atomic E-state index is 0.682. The maximum Gasteiger partial charge on any atom is 0.116 e. The summed E-state index contributed by atoms with van der Waals surface area (Å²) in [6, 6.07) is 17.6. The Morgan fingerprint density at radius 1 is 0.765 bits per heavy atom. The van der Waals surface area contributed by atoms with Crippen LogP contribution in [0.15, 0.2) is 54.6 Å². The Balaban J connectivity index is 2.29. The molecule has 0 aliphatic carbocycles. The summed E-state index contributed by atoms with van der Waals surface area (Å²) >= 11 is 0. The van der Waals surface area contributed by atoms with Gasteiger partial charge in [-0.2, -0.15) is 0 Å². The molecule has 2 aromatic carbocycles. The van der Waals surface area contributed by atoms with E-state index in [1.165, 1.54) is 0 Å². The average Bonchev–Trinajstić information content (AvgIpc) is 2.40. The molecule has 0 fully saturated rings. The molecule has 0 amide bonds. The fraction of sp³-hybridized carbons (Fsp3) is 0. The van der Waals surface area contributed by atoms with Crippen molar-refractivity contribution in [2.24, 2.45) is 0 Å². The first kappa shape index (κ1) is 9.78. The molecule has 0 bridgehead atoms. The van der Waals surface area contributed by atoms with Gasteiger partial charge in [0.25, 0.3) is 0 Å². The lowest BCUT2D eigenvalue weighted by Gasteiger charge is -2.06. The molecule has 3 heteroatoms. The van der Waals surface area contributed by atoms with Crippen LogP contribution < -0.4 is 5.73 Å². The van der Waals surface area contributed by atoms with Crippen molar-refractivity contribution in [2.75, 3.05) is 5.73 Å². The summed E-state index contributed by atoms with van der Waals surface area (Å²) in [5.41, 5.74) is 9.38. The van der Waals surface area contributed by atoms with Gasteiger partial charge in [-0.25, -0.2) is 0 Å². The van der Waals surface area contributed by atoms with Gasteiger partial charge in [-0.1, -0.05) is 48.5 Å². The molecule has 3 rings (SSSR count). The van der Waals surface area contributed by atoms with Gasteiger partial charge in [0.05, 0.1) is 11.2 Å². The Labute approximate surface area is 98.9 Å². The lowest BCUT2D eigenvalue weighted by atomic mass is 10.1. The van der Waals surface area contributed by atoms with Crippen molar-refractivity contribution >= 4 is 16.6 Å². The van der Waals surface area contributed by atoms with E-state index in [0.717, 1.165) is 22.2 Å². The fourth-order valence-electron chi connectivity index (χ4n) is 1.88. The second-order valence-corrected chi connectivity index (χ2v) is 3.85. The summed E-state index contributed by atoms with van der Waals surface area (Å²) in [5.74, 6) is 0. The SMILES string of the molecule is Nc1c(-c2ccccc2)nnc2ccccc12. The molecule has 3 aromatic rings. The Bertz CT molecular complexity index is 663. The van der Waals surface area contributed by atoms with Crippen molar-refractivity contribution in [1.82, 2.24) is 10.2 Å². The molecule has 0 spiro atoms. The average molecular weight is 221 g/mol. The Morgan fingerprint density at radius 3 is 2.29 bits per heavy atom. The van der Waals surface area contributed by atoms with Gasteiger partial charge in [0.15, 0.2) is 0 Å². The number of nitrogens with zero attached hydrogens (tertiary/aromatic N) is 2. The van der Waals surface area contributed by atoms with Crippen LogP contribution in [0.2, 0.25) is 0 Å². The van der Waals surface area contributed by atoms with Gasteiger partial charge in [-0.3, -0.25) is 0 Å². The largest absolute Gasteiger partial charge is 0.396 e. The lowest BCUT2D eigenvalue weighted by molar-refractivity contribution is 1.08. The van der Waals surface area contributed by atoms with Crippen molar-refractivity contribution in [2.45, 2.75) is 0 Å². The Morgan fingerprint density at radius 2 is 1.47 bits per heavy atom. The molecule has 0 saturated carbocycles. The van der Waals surface area contributed by atoms with Crippen LogP contribution in [0, 0.1) is 0 Å². The monoisotopic (exact) mass is 221 g/mol. The number of hydrogen-bond donors (Lipinski definition) is 1. The van der Waals surface area contributed by atoms with Gasteiger partial charge >= 0.3 is 0 Å². The molecule has 0 atom stereocenters. The fourth-order valence-corrected chi connectivity index (χ4v) is 1.88. The Kier molecular flexibility index (Phi) is 2.22. The van der Waals surface area contributed by atoms with E-state index >= 15 is 0 Å². The number of nitrogens with two attached hydrogens (primary N) is 1. The zero-order valence-electron chi connectivity index (χ0n) is 9.17. The van der Waals surface area contributed by atoms with Gasteiger partial charge in [0.1, 0.15) is 5.69 Å². The third-order valence-electron chi connectivity index (χ3n) is 2.75. The second kappa shape index (κ2) is 3.87. The zero-order chi connectivity index (χ0) is 11.7. The highest BCUT2D eigenvalue weighted by atomic mass is 15.1. The van der Waals surface area contributed by atoms with Gasteiger partial charge in [0.2, 0.25) is 0 Å². The van der Waals surface area contributed by atoms with E-state index in [2.05, 4.69) is 10.2 Å². The normalized spacial score (nSPS) is 10.6. The van der Waals surface area contributed by atoms with Gasteiger partial charge in [-0.05, 0) is 6.07 Å². The number of benzene rings is 2. The number of fused-ring (bicyclic) bond motifs is 1. The van der Waals surface area contributed by atoms with Crippen LogP contribution in [0.4, 0.5) is 5.69 Å². The first-order chi connectivity index (χ1) is 8.36. The van der Waals surface area contributed by atoms with Gasteiger partial charge in [0, 0.05) is 10.9 Å². The molecule has 1 aromatic heterocycles. The minimum Gasteiger partial charge on any atom is -0.396 e. The van der Waals surface area contributed by atoms with Crippen LogP contribution in [0.3, 0.4) is 0 Å². The highest BCUT2D eigenvalue weighted by molar-refractivity contribution is 5.96. The molecular weight excluding hydrogens is 210 g/mol. The van der Waals surface area contributed by atoms with Crippen molar-refractivity contribution in [3.05, 3.63) is 54.6 Å². The van der Waals surface area contributed by atoms with E-state index in [9.17, 15) is 0 Å². The van der Waals surface area contributed by atoms with E-state index in [1.807, 2.05) is 54.6 Å². The summed E-state index contributed by atoms with van der Waals surface area (Å²) in [4.78, 5) is 0. The van der Waals surface area contributed by atoms with Crippen LogP contribution in [0.1, 0.15) is 0 Å². The maximum absolute atomic E-state index is 6.15. The smallest absolute Gasteiger partial charge is 0.116 e. The number of nitrogen functional groups attached to an aromatic ring is 1. The molecule has 0 aliphatic rings. The molecule has 0 saturated heterocycles. The topological polar surface area (TPSA) is 51.8 Å². The molecule has 2 N–H and O–H groups in total. The van der Waals surface area contributed by atoms with E-state index < -0.39 is 0 Å². The highest BCUT2D eigenvalue weighted by Gasteiger charge is 2.08. The van der Waals surface area contributed by atoms with Crippen molar-refractivity contribution in [1.29, 1.82) is 0 Å². The standard InChI is InChI=1S/C14H11N3/c15-13-11-8-4-5-9-12(11)16-17-14(13)10-6-2-1-3-7-10/h1-9H,(H2,15,16). The van der Waals surface area contributed by atoms with Gasteiger partial charge < -0.3 is 5.73 Å². The summed E-state index contributed by atoms with van der Waals surface area (Å²) in [7, 11) is 0. The first-order valence-corrected chi connectivity index (χ1v) is 5.42. The number of rotatable bonds is 1. The third-order valence-corrected chi connectivity index (χ3v) is 2.75. The van der Waals surface area contributed by atoms with Crippen molar-refractivity contribution in [3.8, 4) is 11.3 Å². The molecule has 0 aliphatic heterocycles. The predicted molar refractivity (Wildman–Crippen MR) is 69.4 cm³/mol. The Hall–Kier alpha value is -2.42. The van der Waals surface area contributed by atoms with Crippen LogP contribution >= 0.6 is 0 Å². The zero-order valence-corrected chi connectivity index (χ0v) is 9.17. The highest BCUT2D eigenvalue weighted by Crippen LogP contribution is 2.28. The summed E-state index contributed by atoms with van der Waals surface area (Å²) in [6.45, 7) is 0. The van der Waals surface area contributed by atoms with E-state index in [1.54, 1.807) is 0 Å². The molecule has 17 heavy (non-hydrogen) atoms. The van der Waals surface area contributed by atoms with Gasteiger partial charge in [-0.15, -0.1) is 10.2 Å². The van der Waals surface area contributed by atoms with E-state index in [4.69, 9.17) is 5.73 Å². The number of anilines is 1. The first-order valence-electron chi connectivity index (χ1n) is 5.42. The summed E-state index contributed by atoms with van der Waals surface area (Å²) in [5, 5.41) is 9.34. The molecule has 1 heterocycles. The van der Waals surface area contributed by atoms with Crippen LogP contribution in [-0.4, -0.2) is 10.2 Å². The van der Waals surface area contributed by atoms with Crippen LogP contribution in [0.25, 0.3) is 22.2 Å². The molecular formula is C14H11N3. The molecule has 82 valence electrons.